The summed E-state index contributed by atoms with van der Waals surface area (Å²) in [6.45, 7) is 5.14. The fourth-order valence-corrected chi connectivity index (χ4v) is 1.37. The highest BCUT2D eigenvalue weighted by Crippen LogP contribution is 2.12. The molecule has 0 atom stereocenters. The number of amides is 1. The monoisotopic (exact) mass is 308 g/mol. The maximum absolute atomic E-state index is 11.6. The van der Waals surface area contributed by atoms with Crippen molar-refractivity contribution in [3.05, 3.63) is 24.0 Å². The lowest BCUT2D eigenvalue weighted by Gasteiger charge is -2.19. The van der Waals surface area contributed by atoms with Gasteiger partial charge in [-0.05, 0) is 32.9 Å². The molecular formula is C14H16N2O6. The number of anilines is 1. The molecule has 118 valence electrons. The van der Waals surface area contributed by atoms with Crippen molar-refractivity contribution in [2.75, 3.05) is 5.32 Å². The van der Waals surface area contributed by atoms with Crippen LogP contribution in [0, 0.1) is 0 Å². The lowest BCUT2D eigenvalue weighted by Crippen LogP contribution is -2.27. The summed E-state index contributed by atoms with van der Waals surface area (Å²) in [5.41, 5.74) is -0.412. The Labute approximate surface area is 126 Å². The number of aliphatic carboxylic acids is 1. The Kier molecular flexibility index (Phi) is 5.33. The van der Waals surface area contributed by atoms with Gasteiger partial charge in [0.2, 0.25) is 5.78 Å². The number of hydrogen-bond donors (Lipinski definition) is 2. The number of nitrogens with one attached hydrogen (secondary N) is 1. The van der Waals surface area contributed by atoms with E-state index in [0.29, 0.717) is 5.69 Å². The number of Topliss-reactive ketones (excluding diaryl/α,β-unsaturated/α-hetero) is 2. The van der Waals surface area contributed by atoms with Gasteiger partial charge in [0.25, 0.3) is 0 Å². The van der Waals surface area contributed by atoms with E-state index < -0.39 is 35.7 Å². The van der Waals surface area contributed by atoms with E-state index >= 15 is 0 Å². The fourth-order valence-electron chi connectivity index (χ4n) is 1.37. The molecule has 0 bridgehead atoms. The van der Waals surface area contributed by atoms with Gasteiger partial charge in [0.1, 0.15) is 11.3 Å². The van der Waals surface area contributed by atoms with Crippen LogP contribution in [0.4, 0.5) is 10.5 Å². The Morgan fingerprint density at radius 2 is 1.86 bits per heavy atom. The summed E-state index contributed by atoms with van der Waals surface area (Å²) in [7, 11) is 0. The summed E-state index contributed by atoms with van der Waals surface area (Å²) in [6, 6.07) is 2.68. The topological polar surface area (TPSA) is 123 Å². The van der Waals surface area contributed by atoms with Crippen molar-refractivity contribution in [3.8, 4) is 0 Å². The molecule has 0 saturated carbocycles. The van der Waals surface area contributed by atoms with Crippen LogP contribution in [0.5, 0.6) is 0 Å². The minimum absolute atomic E-state index is 0.0654. The summed E-state index contributed by atoms with van der Waals surface area (Å²) < 4.78 is 5.04. The van der Waals surface area contributed by atoms with Gasteiger partial charge in [0.15, 0.2) is 5.78 Å². The number of carboxylic acids is 1. The molecule has 1 rings (SSSR count). The molecule has 1 heterocycles. The SMILES string of the molecule is CC(C)(C)OC(=O)Nc1ccc(C(=O)CC(=O)C(=O)O)nc1. The standard InChI is InChI=1S/C14H16N2O6/c1-14(2,3)22-13(21)16-8-4-5-9(15-7-8)10(17)6-11(18)12(19)20/h4-5,7H,6H2,1-3H3,(H,16,21)(H,19,20). The zero-order valence-corrected chi connectivity index (χ0v) is 12.4. The maximum atomic E-state index is 11.6. The van der Waals surface area contributed by atoms with Gasteiger partial charge in [0, 0.05) is 0 Å². The number of carboxylic acid groups (broad SMARTS) is 1. The summed E-state index contributed by atoms with van der Waals surface area (Å²) in [4.78, 5) is 48.2. The number of pyridine rings is 1. The maximum Gasteiger partial charge on any atom is 0.412 e. The third kappa shape index (κ3) is 5.70. The number of hydrogen-bond acceptors (Lipinski definition) is 6. The molecule has 0 saturated heterocycles. The molecule has 0 radical (unpaired) electrons. The Bertz CT molecular complexity index is 601. The van der Waals surface area contributed by atoms with E-state index in [1.807, 2.05) is 0 Å². The number of ether oxygens (including phenoxy) is 1. The Balaban J connectivity index is 2.67. The van der Waals surface area contributed by atoms with Crippen molar-refractivity contribution in [2.45, 2.75) is 32.8 Å². The third-order valence-electron chi connectivity index (χ3n) is 2.25. The summed E-state index contributed by atoms with van der Waals surface area (Å²) in [6.07, 6.45) is -0.224. The molecule has 1 amide bonds. The van der Waals surface area contributed by atoms with E-state index in [0.717, 1.165) is 0 Å². The predicted octanol–water partition coefficient (Wildman–Crippen LogP) is 1.66. The molecule has 0 spiro atoms. The van der Waals surface area contributed by atoms with Crippen LogP contribution in [0.3, 0.4) is 0 Å². The second-order valence-electron chi connectivity index (χ2n) is 5.39. The summed E-state index contributed by atoms with van der Waals surface area (Å²) >= 11 is 0. The van der Waals surface area contributed by atoms with Gasteiger partial charge in [0.05, 0.1) is 18.3 Å². The summed E-state index contributed by atoms with van der Waals surface area (Å²) in [5, 5.41) is 10.9. The van der Waals surface area contributed by atoms with Gasteiger partial charge < -0.3 is 9.84 Å². The summed E-state index contributed by atoms with van der Waals surface area (Å²) in [5.74, 6) is -3.59. The predicted molar refractivity (Wildman–Crippen MR) is 75.7 cm³/mol. The van der Waals surface area contributed by atoms with Crippen molar-refractivity contribution >= 4 is 29.3 Å². The van der Waals surface area contributed by atoms with Crippen LogP contribution < -0.4 is 5.32 Å². The average Bonchev–Trinajstić information content (AvgIpc) is 2.36. The molecule has 0 fully saturated rings. The number of ketones is 2. The molecule has 8 heteroatoms. The van der Waals surface area contributed by atoms with Gasteiger partial charge in [-0.1, -0.05) is 0 Å². The van der Waals surface area contributed by atoms with Gasteiger partial charge >= 0.3 is 12.1 Å². The molecule has 0 aromatic carbocycles. The Morgan fingerprint density at radius 3 is 2.32 bits per heavy atom. The van der Waals surface area contributed by atoms with E-state index in [1.54, 1.807) is 20.8 Å². The van der Waals surface area contributed by atoms with Crippen LogP contribution in [0.25, 0.3) is 0 Å². The fraction of sp³-hybridized carbons (Fsp3) is 0.357. The Morgan fingerprint density at radius 1 is 1.23 bits per heavy atom. The highest BCUT2D eigenvalue weighted by molar-refractivity contribution is 6.37. The molecule has 2 N–H and O–H groups in total. The van der Waals surface area contributed by atoms with Gasteiger partial charge in [-0.25, -0.2) is 9.59 Å². The first-order valence-electron chi connectivity index (χ1n) is 6.34. The average molecular weight is 308 g/mol. The zero-order valence-electron chi connectivity index (χ0n) is 12.4. The normalized spacial score (nSPS) is 10.7. The first-order valence-corrected chi connectivity index (χ1v) is 6.34. The molecule has 0 aliphatic heterocycles. The largest absolute Gasteiger partial charge is 0.475 e. The third-order valence-corrected chi connectivity index (χ3v) is 2.25. The van der Waals surface area contributed by atoms with E-state index in [2.05, 4.69) is 10.3 Å². The van der Waals surface area contributed by atoms with Gasteiger partial charge in [-0.15, -0.1) is 0 Å². The van der Waals surface area contributed by atoms with Crippen molar-refractivity contribution in [1.82, 2.24) is 4.98 Å². The molecule has 0 aliphatic carbocycles. The smallest absolute Gasteiger partial charge is 0.412 e. The highest BCUT2D eigenvalue weighted by Gasteiger charge is 2.19. The second-order valence-corrected chi connectivity index (χ2v) is 5.39. The van der Waals surface area contributed by atoms with Crippen LogP contribution in [0.2, 0.25) is 0 Å². The number of rotatable bonds is 5. The minimum atomic E-state index is -1.67. The van der Waals surface area contributed by atoms with Crippen LogP contribution in [0.1, 0.15) is 37.7 Å². The molecule has 0 aliphatic rings. The molecule has 8 nitrogen and oxygen atoms in total. The second kappa shape index (κ2) is 6.79. The minimum Gasteiger partial charge on any atom is -0.475 e. The Hall–Kier alpha value is -2.77. The van der Waals surface area contributed by atoms with E-state index in [-0.39, 0.29) is 5.69 Å². The first-order chi connectivity index (χ1) is 10.1. The first kappa shape index (κ1) is 17.3. The van der Waals surface area contributed by atoms with Crippen LogP contribution >= 0.6 is 0 Å². The molecule has 1 aromatic heterocycles. The van der Waals surface area contributed by atoms with Crippen LogP contribution in [0.15, 0.2) is 18.3 Å². The number of carbonyl (C=O) groups excluding carboxylic acids is 3. The number of carbonyl (C=O) groups is 4. The van der Waals surface area contributed by atoms with Gasteiger partial charge in [-0.2, -0.15) is 0 Å². The number of aromatic nitrogens is 1. The highest BCUT2D eigenvalue weighted by atomic mass is 16.6. The van der Waals surface area contributed by atoms with Crippen molar-refractivity contribution < 1.29 is 29.0 Å². The van der Waals surface area contributed by atoms with E-state index in [9.17, 15) is 19.2 Å². The van der Waals surface area contributed by atoms with Gasteiger partial charge in [-0.3, -0.25) is 19.9 Å². The zero-order chi connectivity index (χ0) is 16.9. The number of nitrogens with zero attached hydrogens (tertiary/aromatic N) is 1. The quantitative estimate of drug-likeness (QED) is 0.481. The molecular weight excluding hydrogens is 292 g/mol. The molecule has 22 heavy (non-hydrogen) atoms. The van der Waals surface area contributed by atoms with E-state index in [1.165, 1.54) is 18.3 Å². The molecule has 1 aromatic rings. The van der Waals surface area contributed by atoms with Crippen molar-refractivity contribution in [2.24, 2.45) is 0 Å². The lowest BCUT2D eigenvalue weighted by atomic mass is 10.1. The van der Waals surface area contributed by atoms with E-state index in [4.69, 9.17) is 9.84 Å². The molecule has 0 unspecified atom stereocenters. The van der Waals surface area contributed by atoms with Crippen LogP contribution in [-0.4, -0.2) is 39.3 Å². The van der Waals surface area contributed by atoms with Crippen molar-refractivity contribution in [3.63, 3.8) is 0 Å². The van der Waals surface area contributed by atoms with Crippen LogP contribution in [-0.2, 0) is 14.3 Å². The lowest BCUT2D eigenvalue weighted by molar-refractivity contribution is -0.148. The van der Waals surface area contributed by atoms with Crippen molar-refractivity contribution in [1.29, 1.82) is 0 Å².